The quantitative estimate of drug-likeness (QED) is 0.183. The van der Waals surface area contributed by atoms with E-state index in [2.05, 4.69) is 180 Å². The van der Waals surface area contributed by atoms with Crippen LogP contribution in [0.25, 0.3) is 78.7 Å². The molecule has 0 saturated carbocycles. The van der Waals surface area contributed by atoms with Crippen LogP contribution in [0.1, 0.15) is 36.2 Å². The van der Waals surface area contributed by atoms with E-state index in [-0.39, 0.29) is 5.41 Å². The van der Waals surface area contributed by atoms with Gasteiger partial charge in [-0.1, -0.05) is 141 Å². The second kappa shape index (κ2) is 13.6. The Kier molecular flexibility index (Phi) is 8.38. The van der Waals surface area contributed by atoms with Crippen molar-refractivity contribution in [3.05, 3.63) is 192 Å². The first-order chi connectivity index (χ1) is 26.0. The van der Waals surface area contributed by atoms with E-state index in [1.807, 2.05) is 30.5 Å². The van der Waals surface area contributed by atoms with Crippen LogP contribution < -0.4 is 0 Å². The Morgan fingerprint density at radius 2 is 1.34 bits per heavy atom. The Morgan fingerprint density at radius 1 is 0.604 bits per heavy atom. The summed E-state index contributed by atoms with van der Waals surface area (Å²) < 4.78 is 3.60. The third-order valence-corrected chi connectivity index (χ3v) is 11.0. The van der Waals surface area contributed by atoms with Gasteiger partial charge in [0.05, 0.1) is 16.9 Å². The number of para-hydroxylation sites is 1. The van der Waals surface area contributed by atoms with Crippen LogP contribution in [0.4, 0.5) is 0 Å². The standard InChI is InChI=1S/C49H37N3S/c1-49(2)29-27-46-41(24-21-34-12-9-10-18-43(34)49)42-33-38(22-25-45(42)52(46)40-16-7-4-8-17-40)37-23-26-47-39(32-37)20-19-36(15-11-31-53-47)48-50-30-28-44(51-48)35-13-5-3-6-14-35/h3-33H,1-2H3/b20-19?,24-21+,29-27+,31-11?,36-15?. The molecule has 0 aliphatic heterocycles. The maximum Gasteiger partial charge on any atom is 0.159 e. The molecule has 4 heteroatoms. The van der Waals surface area contributed by atoms with Crippen molar-refractivity contribution in [3.63, 3.8) is 0 Å². The van der Waals surface area contributed by atoms with Crippen molar-refractivity contribution in [2.45, 2.75) is 19.3 Å². The summed E-state index contributed by atoms with van der Waals surface area (Å²) in [4.78, 5) is 9.59. The van der Waals surface area contributed by atoms with E-state index in [4.69, 9.17) is 4.98 Å². The van der Waals surface area contributed by atoms with Gasteiger partial charge in [0.2, 0.25) is 0 Å². The Labute approximate surface area is 314 Å². The van der Waals surface area contributed by atoms with Crippen LogP contribution in [-0.4, -0.2) is 14.5 Å². The molecule has 1 aliphatic carbocycles. The molecule has 3 aromatic heterocycles. The van der Waals surface area contributed by atoms with Crippen LogP contribution in [0.2, 0.25) is 0 Å². The zero-order valence-corrected chi connectivity index (χ0v) is 30.5. The lowest BCUT2D eigenvalue weighted by atomic mass is 9.81. The van der Waals surface area contributed by atoms with Gasteiger partial charge in [0.25, 0.3) is 0 Å². The summed E-state index contributed by atoms with van der Waals surface area (Å²) in [7, 11) is 0. The molecule has 0 spiro atoms. The van der Waals surface area contributed by atoms with Gasteiger partial charge in [0, 0.05) is 44.1 Å². The summed E-state index contributed by atoms with van der Waals surface area (Å²) in [6.07, 6.45) is 11.1. The van der Waals surface area contributed by atoms with Crippen LogP contribution in [0.15, 0.2) is 169 Å². The highest BCUT2D eigenvalue weighted by molar-refractivity contribution is 7.16. The average Bonchev–Trinajstić information content (AvgIpc) is 3.58. The van der Waals surface area contributed by atoms with Gasteiger partial charge in [-0.25, -0.2) is 9.97 Å². The fourth-order valence-corrected chi connectivity index (χ4v) is 8.07. The molecule has 0 saturated heterocycles. The largest absolute Gasteiger partial charge is 0.309 e. The monoisotopic (exact) mass is 699 g/mol. The first-order valence-corrected chi connectivity index (χ1v) is 18.9. The van der Waals surface area contributed by atoms with Crippen LogP contribution in [0, 0.1) is 0 Å². The van der Waals surface area contributed by atoms with Crippen LogP contribution >= 0.6 is 11.3 Å². The molecule has 0 fully saturated rings. The lowest BCUT2D eigenvalue weighted by molar-refractivity contribution is 0.671. The molecular formula is C49H37N3S. The molecule has 3 nitrogen and oxygen atoms in total. The number of hydrogen-bond acceptors (Lipinski definition) is 3. The summed E-state index contributed by atoms with van der Waals surface area (Å²) >= 11 is 1.72. The van der Waals surface area contributed by atoms with Crippen molar-refractivity contribution in [1.82, 2.24) is 14.5 Å². The molecule has 9 rings (SSSR count). The molecule has 0 radical (unpaired) electrons. The van der Waals surface area contributed by atoms with E-state index >= 15 is 0 Å². The Hall–Kier alpha value is -6.36. The summed E-state index contributed by atoms with van der Waals surface area (Å²) in [5.41, 5.74) is 12.4. The second-order valence-electron chi connectivity index (χ2n) is 14.0. The number of aromatic nitrogens is 3. The predicted octanol–water partition coefficient (Wildman–Crippen LogP) is 13.2. The minimum atomic E-state index is -0.141. The molecule has 5 aromatic carbocycles. The fourth-order valence-electron chi connectivity index (χ4n) is 7.36. The second-order valence-corrected chi connectivity index (χ2v) is 14.9. The number of nitrogens with zero attached hydrogens (tertiary/aromatic N) is 3. The van der Waals surface area contributed by atoms with E-state index in [1.54, 1.807) is 11.3 Å². The van der Waals surface area contributed by atoms with E-state index < -0.39 is 0 Å². The zero-order valence-electron chi connectivity index (χ0n) is 29.6. The van der Waals surface area contributed by atoms with Gasteiger partial charge in [0.1, 0.15) is 0 Å². The van der Waals surface area contributed by atoms with E-state index in [9.17, 15) is 0 Å². The number of fused-ring (bicyclic) bond motifs is 5. The molecule has 3 heterocycles. The fraction of sp³-hybridized carbons (Fsp3) is 0.0612. The smallest absolute Gasteiger partial charge is 0.159 e. The first kappa shape index (κ1) is 32.5. The van der Waals surface area contributed by atoms with Crippen molar-refractivity contribution in [1.29, 1.82) is 0 Å². The van der Waals surface area contributed by atoms with Crippen molar-refractivity contribution < 1.29 is 0 Å². The highest BCUT2D eigenvalue weighted by Crippen LogP contribution is 2.39. The van der Waals surface area contributed by atoms with Crippen LogP contribution in [0.3, 0.4) is 0 Å². The minimum Gasteiger partial charge on any atom is -0.309 e. The topological polar surface area (TPSA) is 30.7 Å². The molecule has 1 aliphatic rings. The molecule has 0 unspecified atom stereocenters. The maximum absolute atomic E-state index is 4.93. The highest BCUT2D eigenvalue weighted by atomic mass is 32.1. The molecule has 8 aromatic rings. The summed E-state index contributed by atoms with van der Waals surface area (Å²) in [6.45, 7) is 4.60. The molecule has 0 atom stereocenters. The average molecular weight is 700 g/mol. The summed E-state index contributed by atoms with van der Waals surface area (Å²) in [5.74, 6) is 0.700. The van der Waals surface area contributed by atoms with Crippen molar-refractivity contribution in [2.75, 3.05) is 0 Å². The van der Waals surface area contributed by atoms with Crippen LogP contribution in [-0.2, 0) is 5.41 Å². The third kappa shape index (κ3) is 6.28. The van der Waals surface area contributed by atoms with Crippen molar-refractivity contribution in [3.8, 4) is 39.5 Å². The van der Waals surface area contributed by atoms with E-state index in [0.29, 0.717) is 5.82 Å². The Morgan fingerprint density at radius 3 is 2.21 bits per heavy atom. The first-order valence-electron chi connectivity index (χ1n) is 18.0. The number of hydrogen-bond donors (Lipinski definition) is 0. The Bertz CT molecular complexity index is 2750. The molecular weight excluding hydrogens is 663 g/mol. The SMILES string of the molecule is CC1(C)/C=C/c2c(c3cc(-c4ccc5scccc(-c6nccc(-c7ccccc7)n6)ccc5c4)ccc3n2-c2ccccc2)/C=C/c2ccccc21. The molecule has 0 amide bonds. The maximum atomic E-state index is 4.93. The van der Waals surface area contributed by atoms with Gasteiger partial charge in [0.15, 0.2) is 5.82 Å². The van der Waals surface area contributed by atoms with Crippen LogP contribution in [0.5, 0.6) is 0 Å². The number of rotatable bonds is 4. The minimum absolute atomic E-state index is 0.141. The van der Waals surface area contributed by atoms with E-state index in [1.165, 1.54) is 49.1 Å². The molecule has 254 valence electrons. The molecule has 0 bridgehead atoms. The third-order valence-electron chi connectivity index (χ3n) is 10.1. The van der Waals surface area contributed by atoms with Gasteiger partial charge in [-0.15, -0.1) is 11.3 Å². The van der Waals surface area contributed by atoms with Gasteiger partial charge < -0.3 is 4.57 Å². The zero-order chi connectivity index (χ0) is 35.8. The number of allylic oxidation sites excluding steroid dienone is 1. The van der Waals surface area contributed by atoms with Gasteiger partial charge >= 0.3 is 0 Å². The normalized spacial score (nSPS) is 14.3. The van der Waals surface area contributed by atoms with Gasteiger partial charge in [-0.05, 0) is 81.6 Å². The van der Waals surface area contributed by atoms with E-state index in [0.717, 1.165) is 27.9 Å². The molecule has 0 N–H and O–H groups in total. The summed E-state index contributed by atoms with van der Waals surface area (Å²) in [6, 6.07) is 53.8. The summed E-state index contributed by atoms with van der Waals surface area (Å²) in [5, 5.41) is 4.50. The molecule has 53 heavy (non-hydrogen) atoms. The lowest BCUT2D eigenvalue weighted by Gasteiger charge is -2.23. The number of benzene rings is 5. The lowest BCUT2D eigenvalue weighted by Crippen LogP contribution is -2.14. The Balaban J connectivity index is 1.19. The predicted molar refractivity (Wildman–Crippen MR) is 226 cm³/mol. The van der Waals surface area contributed by atoms with Gasteiger partial charge in [-0.3, -0.25) is 0 Å². The van der Waals surface area contributed by atoms with Gasteiger partial charge in [-0.2, -0.15) is 0 Å². The van der Waals surface area contributed by atoms with Crippen molar-refractivity contribution >= 4 is 50.6 Å². The highest BCUT2D eigenvalue weighted by Gasteiger charge is 2.23. The van der Waals surface area contributed by atoms with Crippen molar-refractivity contribution in [2.24, 2.45) is 0 Å².